The Hall–Kier alpha value is -1.92. The molecule has 0 aromatic heterocycles. The lowest BCUT2D eigenvalue weighted by molar-refractivity contribution is -0.149. The van der Waals surface area contributed by atoms with Crippen molar-refractivity contribution in [2.24, 2.45) is 11.8 Å². The van der Waals surface area contributed by atoms with E-state index in [4.69, 9.17) is 9.47 Å². The van der Waals surface area contributed by atoms with Gasteiger partial charge >= 0.3 is 11.9 Å². The molecule has 2 aliphatic rings. The lowest BCUT2D eigenvalue weighted by atomic mass is 9.90. The molecular formula is C18H24N2O4. The minimum Gasteiger partial charge on any atom is -0.469 e. The Labute approximate surface area is 142 Å². The van der Waals surface area contributed by atoms with Crippen LogP contribution >= 0.6 is 0 Å². The van der Waals surface area contributed by atoms with Gasteiger partial charge in [-0.25, -0.2) is 0 Å². The van der Waals surface area contributed by atoms with Crippen molar-refractivity contribution in [2.75, 3.05) is 27.3 Å². The van der Waals surface area contributed by atoms with Crippen molar-refractivity contribution in [3.63, 3.8) is 0 Å². The lowest BCUT2D eigenvalue weighted by Gasteiger charge is -2.29. The molecule has 2 heterocycles. The van der Waals surface area contributed by atoms with Crippen molar-refractivity contribution in [3.05, 3.63) is 35.9 Å². The minimum absolute atomic E-state index is 0.128. The van der Waals surface area contributed by atoms with Crippen molar-refractivity contribution in [1.29, 1.82) is 0 Å². The number of carbonyl (C=O) groups excluding carboxylic acids is 2. The van der Waals surface area contributed by atoms with Gasteiger partial charge < -0.3 is 9.47 Å². The maximum atomic E-state index is 12.4. The smallest absolute Gasteiger partial charge is 0.323 e. The first-order valence-electron chi connectivity index (χ1n) is 8.28. The number of benzene rings is 1. The number of rotatable bonds is 4. The Morgan fingerprint density at radius 1 is 1.08 bits per heavy atom. The monoisotopic (exact) mass is 332 g/mol. The standard InChI is InChI=1S/C18H24N2O4/c1-12-14(17(21)23-2)16-19(11-13-7-5-4-6-8-13)9-10-20(16)15(12)18(22)24-3/h4-8,12,14-16H,9-11H2,1-3H3/t12-,14-,15+,16+/m1/s1. The Kier molecular flexibility index (Phi) is 4.87. The summed E-state index contributed by atoms with van der Waals surface area (Å²) < 4.78 is 10.0. The van der Waals surface area contributed by atoms with E-state index in [1.165, 1.54) is 19.8 Å². The normalized spacial score (nSPS) is 30.1. The first-order valence-corrected chi connectivity index (χ1v) is 8.28. The number of hydrogen-bond donors (Lipinski definition) is 0. The largest absolute Gasteiger partial charge is 0.469 e. The number of esters is 2. The maximum absolute atomic E-state index is 12.4. The second-order valence-corrected chi connectivity index (χ2v) is 6.48. The van der Waals surface area contributed by atoms with Crippen LogP contribution < -0.4 is 0 Å². The van der Waals surface area contributed by atoms with Crippen molar-refractivity contribution < 1.29 is 19.1 Å². The SMILES string of the molecule is COC(=O)[C@@H]1[C@@H](C)[C@@H](C(=O)OC)N2CCN(Cc3ccccc3)[C@H]12. The molecule has 2 fully saturated rings. The van der Waals surface area contributed by atoms with Gasteiger partial charge in [0.05, 0.1) is 26.3 Å². The zero-order valence-corrected chi connectivity index (χ0v) is 14.3. The van der Waals surface area contributed by atoms with Crippen molar-refractivity contribution in [2.45, 2.75) is 25.7 Å². The van der Waals surface area contributed by atoms with E-state index in [0.29, 0.717) is 0 Å². The first kappa shape index (κ1) is 16.9. The first-order chi connectivity index (χ1) is 11.6. The van der Waals surface area contributed by atoms with Crippen molar-refractivity contribution in [1.82, 2.24) is 9.80 Å². The highest BCUT2D eigenvalue weighted by molar-refractivity contribution is 5.81. The Morgan fingerprint density at radius 2 is 1.75 bits per heavy atom. The van der Waals surface area contributed by atoms with Gasteiger partial charge in [-0.15, -0.1) is 0 Å². The third kappa shape index (κ3) is 2.80. The van der Waals surface area contributed by atoms with Crippen LogP contribution in [0.15, 0.2) is 30.3 Å². The van der Waals surface area contributed by atoms with Gasteiger partial charge in [0.25, 0.3) is 0 Å². The molecule has 0 saturated carbocycles. The van der Waals surface area contributed by atoms with Crippen LogP contribution in [0.3, 0.4) is 0 Å². The third-order valence-corrected chi connectivity index (χ3v) is 5.25. The Bertz CT molecular complexity index is 606. The zero-order valence-electron chi connectivity index (χ0n) is 14.3. The van der Waals surface area contributed by atoms with Crippen LogP contribution in [-0.4, -0.2) is 61.3 Å². The summed E-state index contributed by atoms with van der Waals surface area (Å²) in [5, 5.41) is 0. The number of methoxy groups -OCH3 is 2. The molecule has 6 heteroatoms. The number of ether oxygens (including phenoxy) is 2. The van der Waals surface area contributed by atoms with E-state index < -0.39 is 6.04 Å². The Balaban J connectivity index is 1.88. The fraction of sp³-hybridized carbons (Fsp3) is 0.556. The predicted molar refractivity (Wildman–Crippen MR) is 87.8 cm³/mol. The topological polar surface area (TPSA) is 59.1 Å². The van der Waals surface area contributed by atoms with Gasteiger partial charge in [-0.2, -0.15) is 0 Å². The molecule has 24 heavy (non-hydrogen) atoms. The van der Waals surface area contributed by atoms with Crippen molar-refractivity contribution in [3.8, 4) is 0 Å². The lowest BCUT2D eigenvalue weighted by Crippen LogP contribution is -2.44. The molecule has 0 N–H and O–H groups in total. The molecular weight excluding hydrogens is 308 g/mol. The van der Waals surface area contributed by atoms with Gasteiger partial charge in [0.2, 0.25) is 0 Å². The number of hydrogen-bond acceptors (Lipinski definition) is 6. The maximum Gasteiger partial charge on any atom is 0.323 e. The molecule has 0 radical (unpaired) electrons. The molecule has 6 nitrogen and oxygen atoms in total. The second-order valence-electron chi connectivity index (χ2n) is 6.48. The fourth-order valence-electron chi connectivity index (χ4n) is 4.16. The van der Waals surface area contributed by atoms with Crippen LogP contribution in [0.25, 0.3) is 0 Å². The van der Waals surface area contributed by atoms with Gasteiger partial charge in [0.1, 0.15) is 6.04 Å². The number of carbonyl (C=O) groups is 2. The quantitative estimate of drug-likeness (QED) is 0.770. The molecule has 3 rings (SSSR count). The van der Waals surface area contributed by atoms with Crippen LogP contribution in [0.4, 0.5) is 0 Å². The highest BCUT2D eigenvalue weighted by Gasteiger charge is 2.57. The zero-order chi connectivity index (χ0) is 17.3. The molecule has 1 aromatic carbocycles. The predicted octanol–water partition coefficient (Wildman–Crippen LogP) is 1.11. The van der Waals surface area contributed by atoms with Crippen LogP contribution in [0.1, 0.15) is 12.5 Å². The van der Waals surface area contributed by atoms with Gasteiger partial charge in [-0.1, -0.05) is 37.3 Å². The third-order valence-electron chi connectivity index (χ3n) is 5.25. The van der Waals surface area contributed by atoms with E-state index in [1.807, 2.05) is 25.1 Å². The molecule has 0 aliphatic carbocycles. The van der Waals surface area contributed by atoms with Crippen LogP contribution in [0, 0.1) is 11.8 Å². The van der Waals surface area contributed by atoms with Gasteiger partial charge in [-0.3, -0.25) is 19.4 Å². The highest BCUT2D eigenvalue weighted by atomic mass is 16.5. The van der Waals surface area contributed by atoms with E-state index in [0.717, 1.165) is 19.6 Å². The molecule has 4 atom stereocenters. The molecule has 2 saturated heterocycles. The Morgan fingerprint density at radius 3 is 2.38 bits per heavy atom. The van der Waals surface area contributed by atoms with E-state index in [9.17, 15) is 9.59 Å². The fourth-order valence-corrected chi connectivity index (χ4v) is 4.16. The summed E-state index contributed by atoms with van der Waals surface area (Å²) in [6.45, 7) is 4.24. The van der Waals surface area contributed by atoms with E-state index in [-0.39, 0.29) is 29.9 Å². The average molecular weight is 332 g/mol. The molecule has 0 spiro atoms. The van der Waals surface area contributed by atoms with Crippen molar-refractivity contribution >= 4 is 11.9 Å². The minimum atomic E-state index is -0.398. The number of nitrogens with zero attached hydrogens (tertiary/aromatic N) is 2. The van der Waals surface area contributed by atoms with E-state index in [2.05, 4.69) is 21.9 Å². The average Bonchev–Trinajstić information content (AvgIpc) is 3.12. The van der Waals surface area contributed by atoms with E-state index in [1.54, 1.807) is 0 Å². The molecule has 0 bridgehead atoms. The van der Waals surface area contributed by atoms with Crippen LogP contribution in [-0.2, 0) is 25.6 Å². The summed E-state index contributed by atoms with van der Waals surface area (Å²) >= 11 is 0. The summed E-state index contributed by atoms with van der Waals surface area (Å²) in [5.74, 6) is -1.04. The summed E-state index contributed by atoms with van der Waals surface area (Å²) in [6, 6.07) is 9.76. The molecule has 0 unspecified atom stereocenters. The molecule has 0 amide bonds. The highest BCUT2D eigenvalue weighted by Crippen LogP contribution is 2.41. The summed E-state index contributed by atoms with van der Waals surface area (Å²) in [6.07, 6.45) is -0.128. The molecule has 130 valence electrons. The van der Waals surface area contributed by atoms with Crippen LogP contribution in [0.5, 0.6) is 0 Å². The summed E-state index contributed by atoms with van der Waals surface area (Å²) in [5.41, 5.74) is 1.19. The second kappa shape index (κ2) is 6.91. The molecule has 2 aliphatic heterocycles. The number of fused-ring (bicyclic) bond motifs is 1. The van der Waals surface area contributed by atoms with E-state index >= 15 is 0 Å². The van der Waals surface area contributed by atoms with Gasteiger partial charge in [0, 0.05) is 19.6 Å². The molecule has 1 aromatic rings. The summed E-state index contributed by atoms with van der Waals surface area (Å²) in [7, 11) is 2.80. The summed E-state index contributed by atoms with van der Waals surface area (Å²) in [4.78, 5) is 29.0. The van der Waals surface area contributed by atoms with Crippen LogP contribution in [0.2, 0.25) is 0 Å². The van der Waals surface area contributed by atoms with Gasteiger partial charge in [0.15, 0.2) is 0 Å². The van der Waals surface area contributed by atoms with Gasteiger partial charge in [-0.05, 0) is 11.5 Å².